The van der Waals surface area contributed by atoms with E-state index in [0.717, 1.165) is 4.31 Å². The van der Waals surface area contributed by atoms with E-state index in [0.29, 0.717) is 0 Å². The fraction of sp³-hybridized carbons (Fsp3) is 0.300. The van der Waals surface area contributed by atoms with Gasteiger partial charge in [0.25, 0.3) is 0 Å². The van der Waals surface area contributed by atoms with Gasteiger partial charge < -0.3 is 5.73 Å². The molecule has 2 heterocycles. The molecule has 1 aromatic heterocycles. The number of hydrogen-bond acceptors (Lipinski definition) is 6. The Balaban J connectivity index is 2.47. The van der Waals surface area contributed by atoms with E-state index >= 15 is 0 Å². The number of nitrogens with one attached hydrogen (secondary N) is 1. The highest BCUT2D eigenvalue weighted by Crippen LogP contribution is 2.23. The SMILES string of the molecule is CC1C(=O)NC(=O)CN1S(=O)(=O)c1cccnc1N. The van der Waals surface area contributed by atoms with Crippen molar-refractivity contribution in [1.29, 1.82) is 0 Å². The van der Waals surface area contributed by atoms with Gasteiger partial charge in [-0.15, -0.1) is 0 Å². The van der Waals surface area contributed by atoms with Gasteiger partial charge in [0.2, 0.25) is 21.8 Å². The molecule has 0 saturated carbocycles. The molecular weight excluding hydrogens is 272 g/mol. The van der Waals surface area contributed by atoms with Gasteiger partial charge >= 0.3 is 0 Å². The lowest BCUT2D eigenvalue weighted by Crippen LogP contribution is -2.58. The van der Waals surface area contributed by atoms with Crippen LogP contribution in [0, 0.1) is 0 Å². The molecule has 102 valence electrons. The first kappa shape index (κ1) is 13.4. The molecule has 0 spiro atoms. The van der Waals surface area contributed by atoms with E-state index in [1.165, 1.54) is 25.3 Å². The van der Waals surface area contributed by atoms with Crippen LogP contribution in [-0.4, -0.2) is 42.1 Å². The minimum absolute atomic E-state index is 0.173. The lowest BCUT2D eigenvalue weighted by molar-refractivity contribution is -0.136. The third-order valence-electron chi connectivity index (χ3n) is 2.76. The van der Waals surface area contributed by atoms with Gasteiger partial charge in [0, 0.05) is 6.20 Å². The molecule has 19 heavy (non-hydrogen) atoms. The van der Waals surface area contributed by atoms with Crippen molar-refractivity contribution in [3.05, 3.63) is 18.3 Å². The maximum atomic E-state index is 12.4. The molecule has 2 amide bonds. The molecule has 8 nitrogen and oxygen atoms in total. The number of carbonyl (C=O) groups is 2. The Morgan fingerprint density at radius 3 is 2.79 bits per heavy atom. The molecule has 0 aliphatic carbocycles. The van der Waals surface area contributed by atoms with E-state index in [-0.39, 0.29) is 10.7 Å². The summed E-state index contributed by atoms with van der Waals surface area (Å²) in [6, 6.07) is 1.71. The maximum absolute atomic E-state index is 12.4. The number of amides is 2. The van der Waals surface area contributed by atoms with Gasteiger partial charge in [0.05, 0.1) is 6.54 Å². The molecule has 1 aliphatic heterocycles. The highest BCUT2D eigenvalue weighted by Gasteiger charge is 2.39. The number of nitrogens with two attached hydrogens (primary N) is 1. The van der Waals surface area contributed by atoms with Crippen LogP contribution >= 0.6 is 0 Å². The van der Waals surface area contributed by atoms with Gasteiger partial charge in [-0.3, -0.25) is 14.9 Å². The fourth-order valence-electron chi connectivity index (χ4n) is 1.73. The number of piperazine rings is 1. The molecule has 1 aliphatic rings. The average molecular weight is 284 g/mol. The molecule has 1 fully saturated rings. The van der Waals surface area contributed by atoms with Crippen LogP contribution in [0.1, 0.15) is 6.92 Å². The van der Waals surface area contributed by atoms with Gasteiger partial charge in [0.15, 0.2) is 0 Å². The van der Waals surface area contributed by atoms with Crippen molar-refractivity contribution in [3.8, 4) is 0 Å². The molecule has 2 rings (SSSR count). The number of pyridine rings is 1. The van der Waals surface area contributed by atoms with Crippen molar-refractivity contribution >= 4 is 27.7 Å². The Kier molecular flexibility index (Phi) is 3.25. The molecule has 0 aromatic carbocycles. The molecule has 0 bridgehead atoms. The zero-order valence-electron chi connectivity index (χ0n) is 10.0. The van der Waals surface area contributed by atoms with E-state index in [1.54, 1.807) is 0 Å². The second-order valence-corrected chi connectivity index (χ2v) is 5.88. The minimum Gasteiger partial charge on any atom is -0.383 e. The second-order valence-electron chi connectivity index (χ2n) is 4.03. The molecule has 1 saturated heterocycles. The van der Waals surface area contributed by atoms with Crippen molar-refractivity contribution < 1.29 is 18.0 Å². The molecule has 0 radical (unpaired) electrons. The summed E-state index contributed by atoms with van der Waals surface area (Å²) in [7, 11) is -4.04. The summed E-state index contributed by atoms with van der Waals surface area (Å²) in [6.45, 7) is 0.968. The quantitative estimate of drug-likeness (QED) is 0.651. The van der Waals surface area contributed by atoms with Crippen LogP contribution in [0.15, 0.2) is 23.2 Å². The average Bonchev–Trinajstić information content (AvgIpc) is 2.34. The summed E-state index contributed by atoms with van der Waals surface area (Å²) in [5, 5.41) is 2.07. The van der Waals surface area contributed by atoms with E-state index in [4.69, 9.17) is 5.73 Å². The Bertz CT molecular complexity index is 643. The third-order valence-corrected chi connectivity index (χ3v) is 4.72. The number of rotatable bonds is 2. The Hall–Kier alpha value is -2.00. The lowest BCUT2D eigenvalue weighted by Gasteiger charge is -2.30. The van der Waals surface area contributed by atoms with Gasteiger partial charge in [-0.2, -0.15) is 4.31 Å². The zero-order chi connectivity index (χ0) is 14.2. The number of aromatic nitrogens is 1. The summed E-state index contributed by atoms with van der Waals surface area (Å²) >= 11 is 0. The zero-order valence-corrected chi connectivity index (χ0v) is 10.8. The van der Waals surface area contributed by atoms with Crippen molar-refractivity contribution in [3.63, 3.8) is 0 Å². The summed E-state index contributed by atoms with van der Waals surface area (Å²) in [5.74, 6) is -1.51. The Labute approximate surface area is 109 Å². The maximum Gasteiger partial charge on any atom is 0.247 e. The Morgan fingerprint density at radius 1 is 1.47 bits per heavy atom. The number of nitrogens with zero attached hydrogens (tertiary/aromatic N) is 2. The van der Waals surface area contributed by atoms with Crippen LogP contribution in [-0.2, 0) is 19.6 Å². The monoisotopic (exact) mass is 284 g/mol. The van der Waals surface area contributed by atoms with Crippen LogP contribution in [0.3, 0.4) is 0 Å². The largest absolute Gasteiger partial charge is 0.383 e. The van der Waals surface area contributed by atoms with Crippen LogP contribution in [0.4, 0.5) is 5.82 Å². The number of anilines is 1. The fourth-order valence-corrected chi connectivity index (χ4v) is 3.35. The van der Waals surface area contributed by atoms with Gasteiger partial charge in [-0.1, -0.05) is 0 Å². The topological polar surface area (TPSA) is 122 Å². The first-order valence-electron chi connectivity index (χ1n) is 5.40. The van der Waals surface area contributed by atoms with Gasteiger partial charge in [0.1, 0.15) is 16.8 Å². The molecular formula is C10H12N4O4S. The highest BCUT2D eigenvalue weighted by atomic mass is 32.2. The number of sulfonamides is 1. The standard InChI is InChI=1S/C10H12N4O4S/c1-6-10(16)13-8(15)5-14(6)19(17,18)7-3-2-4-12-9(7)11/h2-4,6H,5H2,1H3,(H2,11,12)(H,13,15,16). The smallest absolute Gasteiger partial charge is 0.247 e. The van der Waals surface area contributed by atoms with Gasteiger partial charge in [-0.05, 0) is 19.1 Å². The highest BCUT2D eigenvalue weighted by molar-refractivity contribution is 7.89. The summed E-state index contributed by atoms with van der Waals surface area (Å²) in [4.78, 5) is 26.3. The Morgan fingerprint density at radius 2 is 2.16 bits per heavy atom. The van der Waals surface area contributed by atoms with Gasteiger partial charge in [-0.25, -0.2) is 13.4 Å². The number of nitrogen functional groups attached to an aromatic ring is 1. The predicted octanol–water partition coefficient (Wildman–Crippen LogP) is -1.30. The minimum atomic E-state index is -4.04. The van der Waals surface area contributed by atoms with E-state index in [9.17, 15) is 18.0 Å². The predicted molar refractivity (Wildman–Crippen MR) is 65.2 cm³/mol. The number of imide groups is 1. The summed E-state index contributed by atoms with van der Waals surface area (Å²) in [6.07, 6.45) is 1.35. The van der Waals surface area contributed by atoms with Crippen LogP contribution in [0.2, 0.25) is 0 Å². The van der Waals surface area contributed by atoms with Crippen molar-refractivity contribution in [2.75, 3.05) is 12.3 Å². The molecule has 1 aromatic rings. The normalized spacial score (nSPS) is 21.2. The number of carbonyl (C=O) groups excluding carboxylic acids is 2. The first-order chi connectivity index (χ1) is 8.84. The van der Waals surface area contributed by atoms with Crippen LogP contribution in [0.25, 0.3) is 0 Å². The summed E-state index contributed by atoms with van der Waals surface area (Å²) in [5.41, 5.74) is 5.53. The van der Waals surface area contributed by atoms with E-state index in [2.05, 4.69) is 10.3 Å². The molecule has 1 atom stereocenters. The summed E-state index contributed by atoms with van der Waals surface area (Å²) < 4.78 is 25.6. The van der Waals surface area contributed by atoms with Crippen LogP contribution < -0.4 is 11.1 Å². The molecule has 9 heteroatoms. The van der Waals surface area contributed by atoms with Crippen LogP contribution in [0.5, 0.6) is 0 Å². The third kappa shape index (κ3) is 2.29. The van der Waals surface area contributed by atoms with E-state index < -0.39 is 34.4 Å². The van der Waals surface area contributed by atoms with Crippen molar-refractivity contribution in [2.24, 2.45) is 0 Å². The number of hydrogen-bond donors (Lipinski definition) is 2. The second kappa shape index (κ2) is 4.59. The van der Waals surface area contributed by atoms with Crippen molar-refractivity contribution in [2.45, 2.75) is 17.9 Å². The first-order valence-corrected chi connectivity index (χ1v) is 6.84. The van der Waals surface area contributed by atoms with E-state index in [1.807, 2.05) is 0 Å². The lowest BCUT2D eigenvalue weighted by atomic mass is 10.2. The molecule has 1 unspecified atom stereocenters. The van der Waals surface area contributed by atoms with Crippen molar-refractivity contribution in [1.82, 2.24) is 14.6 Å². The molecule has 3 N–H and O–H groups in total.